The summed E-state index contributed by atoms with van der Waals surface area (Å²) < 4.78 is 0. The van der Waals surface area contributed by atoms with Crippen LogP contribution in [0.25, 0.3) is 21.8 Å². The third-order valence-corrected chi connectivity index (χ3v) is 5.52. The van der Waals surface area contributed by atoms with E-state index in [0.29, 0.717) is 11.1 Å². The fourth-order valence-electron chi connectivity index (χ4n) is 3.41. The summed E-state index contributed by atoms with van der Waals surface area (Å²) in [6, 6.07) is 13.5. The first-order valence-electron chi connectivity index (χ1n) is 9.58. The Labute approximate surface area is 186 Å². The molecule has 0 unspecified atom stereocenters. The van der Waals surface area contributed by atoms with Crippen molar-refractivity contribution in [2.45, 2.75) is 20.8 Å². The number of hydrogen-bond donors (Lipinski definition) is 2. The molecule has 2 N–H and O–H groups in total. The first-order chi connectivity index (χ1) is 14.7. The Morgan fingerprint density at radius 2 is 1.19 bits per heavy atom. The Balaban J connectivity index is 0.000000176. The quantitative estimate of drug-likeness (QED) is 0.334. The van der Waals surface area contributed by atoms with Gasteiger partial charge in [-0.15, -0.1) is 0 Å². The van der Waals surface area contributed by atoms with Crippen LogP contribution < -0.4 is 11.1 Å². The van der Waals surface area contributed by atoms with Gasteiger partial charge < -0.3 is 9.97 Å². The molecule has 0 aliphatic heterocycles. The van der Waals surface area contributed by atoms with Crippen LogP contribution in [0.5, 0.6) is 0 Å². The van der Waals surface area contributed by atoms with Crippen LogP contribution in [0.3, 0.4) is 0 Å². The lowest BCUT2D eigenvalue weighted by Crippen LogP contribution is -2.07. The number of rotatable bonds is 3. The van der Waals surface area contributed by atoms with Gasteiger partial charge in [-0.1, -0.05) is 40.2 Å². The Bertz CT molecular complexity index is 1430. The van der Waals surface area contributed by atoms with Crippen molar-refractivity contribution in [3.8, 4) is 0 Å². The predicted octanol–water partition coefficient (Wildman–Crippen LogP) is 4.45. The summed E-state index contributed by atoms with van der Waals surface area (Å²) in [4.78, 5) is 51.0. The number of aromatic amines is 2. The molecule has 0 saturated carbocycles. The summed E-state index contributed by atoms with van der Waals surface area (Å²) in [6.45, 7) is 5.33. The molecule has 31 heavy (non-hydrogen) atoms. The number of Topliss-reactive ketones (excluding diaryl/α,β-unsaturated/α-hetero) is 2. The average Bonchev–Trinajstić information content (AvgIpc) is 2.74. The van der Waals surface area contributed by atoms with Crippen molar-refractivity contribution in [3.05, 3.63) is 91.5 Å². The zero-order valence-electron chi connectivity index (χ0n) is 17.3. The van der Waals surface area contributed by atoms with Crippen LogP contribution in [0.4, 0.5) is 0 Å². The van der Waals surface area contributed by atoms with Crippen molar-refractivity contribution >= 4 is 49.3 Å². The highest BCUT2D eigenvalue weighted by atomic mass is 79.9. The number of fused-ring (bicyclic) bond motifs is 2. The number of aromatic nitrogens is 2. The van der Waals surface area contributed by atoms with Crippen molar-refractivity contribution in [1.82, 2.24) is 9.97 Å². The van der Waals surface area contributed by atoms with Crippen LogP contribution in [0.15, 0.2) is 58.1 Å². The Morgan fingerprint density at radius 1 is 0.742 bits per heavy atom. The molecule has 2 heterocycles. The van der Waals surface area contributed by atoms with Gasteiger partial charge in [0, 0.05) is 34.0 Å². The van der Waals surface area contributed by atoms with E-state index in [2.05, 4.69) is 25.9 Å². The molecule has 2 aromatic heterocycles. The number of alkyl halides is 1. The van der Waals surface area contributed by atoms with Crippen molar-refractivity contribution in [2.24, 2.45) is 0 Å². The molecule has 0 atom stereocenters. The fourth-order valence-corrected chi connectivity index (χ4v) is 3.71. The number of carbonyl (C=O) groups is 2. The molecule has 0 aliphatic carbocycles. The van der Waals surface area contributed by atoms with Crippen LogP contribution in [0, 0.1) is 13.8 Å². The number of hydrogen-bond acceptors (Lipinski definition) is 4. The Kier molecular flexibility index (Phi) is 6.65. The number of carbonyl (C=O) groups excluding carboxylic acids is 2. The van der Waals surface area contributed by atoms with Gasteiger partial charge in [0.25, 0.3) is 0 Å². The maximum Gasteiger partial charge on any atom is 0.248 e. The Morgan fingerprint density at radius 3 is 1.65 bits per heavy atom. The molecular weight excluding hydrogens is 460 g/mol. The van der Waals surface area contributed by atoms with Crippen LogP contribution in [-0.4, -0.2) is 26.9 Å². The number of pyridine rings is 2. The number of H-pyrrole nitrogens is 2. The van der Waals surface area contributed by atoms with Crippen LogP contribution >= 0.6 is 15.9 Å². The average molecular weight is 481 g/mol. The predicted molar refractivity (Wildman–Crippen MR) is 127 cm³/mol. The minimum atomic E-state index is -0.154. The highest BCUT2D eigenvalue weighted by Crippen LogP contribution is 2.21. The summed E-state index contributed by atoms with van der Waals surface area (Å²) in [6.07, 6.45) is 0. The molecular formula is C24H21BrN2O4. The van der Waals surface area contributed by atoms with E-state index >= 15 is 0 Å². The molecule has 158 valence electrons. The van der Waals surface area contributed by atoms with E-state index in [1.807, 2.05) is 26.0 Å². The number of ketones is 2. The molecule has 0 radical (unpaired) electrons. The molecule has 2 aromatic carbocycles. The van der Waals surface area contributed by atoms with Gasteiger partial charge in [0.05, 0.1) is 16.4 Å². The summed E-state index contributed by atoms with van der Waals surface area (Å²) in [5.41, 5.74) is 4.38. The monoisotopic (exact) mass is 480 g/mol. The lowest BCUT2D eigenvalue weighted by atomic mass is 10.0. The van der Waals surface area contributed by atoms with E-state index in [1.165, 1.54) is 19.1 Å². The highest BCUT2D eigenvalue weighted by Gasteiger charge is 2.10. The normalized spacial score (nSPS) is 10.6. The molecule has 0 spiro atoms. The minimum absolute atomic E-state index is 0.00653. The van der Waals surface area contributed by atoms with Gasteiger partial charge in [0.1, 0.15) is 0 Å². The van der Waals surface area contributed by atoms with Crippen LogP contribution in [0.1, 0.15) is 38.8 Å². The van der Waals surface area contributed by atoms with E-state index in [9.17, 15) is 19.2 Å². The Hall–Kier alpha value is -3.32. The van der Waals surface area contributed by atoms with Gasteiger partial charge in [-0.2, -0.15) is 0 Å². The van der Waals surface area contributed by atoms with E-state index in [1.54, 1.807) is 24.3 Å². The molecule has 4 rings (SSSR count). The standard InChI is InChI=1S/C12H10BrNO2.C12H11NO2/c1-7-2-3-8(10(15)6-13)9-4-5-11(16)14-12(7)9;1-7-3-4-9(8(2)14)10-5-6-11(15)13-12(7)10/h2-5H,6H2,1H3,(H,14,16);3-6H,1-2H3,(H,13,15). The summed E-state index contributed by atoms with van der Waals surface area (Å²) in [5.74, 6) is 0.0177. The van der Waals surface area contributed by atoms with E-state index in [-0.39, 0.29) is 28.0 Å². The molecule has 0 fully saturated rings. The zero-order chi connectivity index (χ0) is 22.7. The minimum Gasteiger partial charge on any atom is -0.322 e. The highest BCUT2D eigenvalue weighted by molar-refractivity contribution is 9.09. The molecule has 0 aliphatic rings. The second kappa shape index (κ2) is 9.22. The van der Waals surface area contributed by atoms with E-state index in [0.717, 1.165) is 32.9 Å². The van der Waals surface area contributed by atoms with Crippen molar-refractivity contribution in [1.29, 1.82) is 0 Å². The maximum atomic E-state index is 11.7. The lowest BCUT2D eigenvalue weighted by Gasteiger charge is -2.06. The smallest absolute Gasteiger partial charge is 0.248 e. The van der Waals surface area contributed by atoms with Gasteiger partial charge in [-0.05, 0) is 44.0 Å². The van der Waals surface area contributed by atoms with Crippen LogP contribution in [-0.2, 0) is 0 Å². The van der Waals surface area contributed by atoms with E-state index < -0.39 is 0 Å². The van der Waals surface area contributed by atoms with Crippen LogP contribution in [0.2, 0.25) is 0 Å². The fraction of sp³-hybridized carbons (Fsp3) is 0.167. The molecule has 7 heteroatoms. The van der Waals surface area contributed by atoms with Crippen molar-refractivity contribution in [3.63, 3.8) is 0 Å². The van der Waals surface area contributed by atoms with Gasteiger partial charge in [0.2, 0.25) is 11.1 Å². The molecule has 0 amide bonds. The van der Waals surface area contributed by atoms with Crippen molar-refractivity contribution in [2.75, 3.05) is 5.33 Å². The third-order valence-electron chi connectivity index (χ3n) is 5.01. The maximum absolute atomic E-state index is 11.7. The number of benzene rings is 2. The van der Waals surface area contributed by atoms with E-state index in [4.69, 9.17) is 0 Å². The summed E-state index contributed by atoms with van der Waals surface area (Å²) >= 11 is 3.15. The molecule has 6 nitrogen and oxygen atoms in total. The van der Waals surface area contributed by atoms with Gasteiger partial charge in [-0.3, -0.25) is 19.2 Å². The first kappa shape index (κ1) is 22.4. The molecule has 0 bridgehead atoms. The number of nitrogens with one attached hydrogen (secondary N) is 2. The molecule has 0 saturated heterocycles. The second-order valence-corrected chi connectivity index (χ2v) is 7.76. The lowest BCUT2D eigenvalue weighted by molar-refractivity contribution is 0.101. The van der Waals surface area contributed by atoms with Gasteiger partial charge >= 0.3 is 0 Å². The number of halogens is 1. The second-order valence-electron chi connectivity index (χ2n) is 7.20. The van der Waals surface area contributed by atoms with Crippen molar-refractivity contribution < 1.29 is 9.59 Å². The van der Waals surface area contributed by atoms with Gasteiger partial charge in [-0.25, -0.2) is 0 Å². The van der Waals surface area contributed by atoms with Gasteiger partial charge in [0.15, 0.2) is 11.6 Å². The molecule has 4 aromatic rings. The third kappa shape index (κ3) is 4.72. The topological polar surface area (TPSA) is 99.9 Å². The SMILES string of the molecule is CC(=O)c1ccc(C)c2[nH]c(=O)ccc12.Cc1ccc(C(=O)CBr)c2ccc(=O)[nH]c12. The first-order valence-corrected chi connectivity index (χ1v) is 10.7. The summed E-state index contributed by atoms with van der Waals surface area (Å²) in [5, 5.41) is 1.88. The number of aryl methyl sites for hydroxylation is 2. The zero-order valence-corrected chi connectivity index (χ0v) is 18.9. The largest absolute Gasteiger partial charge is 0.322 e. The summed E-state index contributed by atoms with van der Waals surface area (Å²) in [7, 11) is 0.